The van der Waals surface area contributed by atoms with E-state index >= 15 is 0 Å². The highest BCUT2D eigenvalue weighted by Gasteiger charge is 2.12. The molecule has 0 unspecified atom stereocenters. The molecule has 1 rings (SSSR count). The fraction of sp³-hybridized carbons (Fsp3) is 0.417. The van der Waals surface area contributed by atoms with Gasteiger partial charge in [-0.2, -0.15) is 0 Å². The molecule has 0 fully saturated rings. The molecule has 0 atom stereocenters. The fourth-order valence-electron chi connectivity index (χ4n) is 1.33. The van der Waals surface area contributed by atoms with Crippen LogP contribution >= 0.6 is 0 Å². The zero-order valence-corrected chi connectivity index (χ0v) is 10.1. The average Bonchev–Trinajstić information content (AvgIpc) is 2.25. The van der Waals surface area contributed by atoms with Crippen LogP contribution in [0, 0.1) is 23.0 Å². The van der Waals surface area contributed by atoms with Crippen LogP contribution in [-0.2, 0) is 16.1 Å². The summed E-state index contributed by atoms with van der Waals surface area (Å²) < 4.78 is 5.04. The molecule has 0 heterocycles. The molecule has 1 aromatic rings. The van der Waals surface area contributed by atoms with E-state index in [-0.39, 0.29) is 24.2 Å². The normalized spacial score (nSPS) is 10.4. The molecule has 0 saturated heterocycles. The number of ether oxygens (including phenoxy) is 1. The van der Waals surface area contributed by atoms with Crippen molar-refractivity contribution in [2.75, 3.05) is 0 Å². The lowest BCUT2D eigenvalue weighted by Crippen LogP contribution is -2.11. The number of hydrogen-bond donors (Lipinski definition) is 0. The van der Waals surface area contributed by atoms with Crippen molar-refractivity contribution >= 4 is 11.7 Å². The SMILES string of the molecule is Cc1cc(COC(=O)C(C)C)ccc1[N+](=O)[O-]. The van der Waals surface area contributed by atoms with Crippen LogP contribution in [0.3, 0.4) is 0 Å². The molecule has 92 valence electrons. The zero-order chi connectivity index (χ0) is 13.0. The third kappa shape index (κ3) is 3.55. The monoisotopic (exact) mass is 237 g/mol. The number of esters is 1. The summed E-state index contributed by atoms with van der Waals surface area (Å²) in [6, 6.07) is 4.68. The van der Waals surface area contributed by atoms with E-state index in [9.17, 15) is 14.9 Å². The third-order valence-corrected chi connectivity index (χ3v) is 2.31. The molecule has 0 saturated carbocycles. The van der Waals surface area contributed by atoms with E-state index in [4.69, 9.17) is 4.74 Å². The molecule has 0 amide bonds. The number of nitro groups is 1. The highest BCUT2D eigenvalue weighted by Crippen LogP contribution is 2.19. The van der Waals surface area contributed by atoms with Crippen molar-refractivity contribution in [3.8, 4) is 0 Å². The Kier molecular flexibility index (Phi) is 4.20. The Balaban J connectivity index is 2.71. The third-order valence-electron chi connectivity index (χ3n) is 2.31. The van der Waals surface area contributed by atoms with E-state index in [1.807, 2.05) is 0 Å². The van der Waals surface area contributed by atoms with Crippen LogP contribution in [0.25, 0.3) is 0 Å². The van der Waals surface area contributed by atoms with E-state index in [1.54, 1.807) is 32.9 Å². The molecule has 0 aromatic heterocycles. The molecule has 0 spiro atoms. The number of rotatable bonds is 4. The summed E-state index contributed by atoms with van der Waals surface area (Å²) >= 11 is 0. The van der Waals surface area contributed by atoms with Crippen LogP contribution in [0.2, 0.25) is 0 Å². The minimum atomic E-state index is -0.431. The van der Waals surface area contributed by atoms with Gasteiger partial charge in [-0.15, -0.1) is 0 Å². The van der Waals surface area contributed by atoms with Gasteiger partial charge in [-0.3, -0.25) is 14.9 Å². The second-order valence-corrected chi connectivity index (χ2v) is 4.14. The lowest BCUT2D eigenvalue weighted by molar-refractivity contribution is -0.385. The van der Waals surface area contributed by atoms with Crippen molar-refractivity contribution in [2.24, 2.45) is 5.92 Å². The molecule has 17 heavy (non-hydrogen) atoms. The molecule has 0 N–H and O–H groups in total. The first kappa shape index (κ1) is 13.2. The highest BCUT2D eigenvalue weighted by atomic mass is 16.6. The van der Waals surface area contributed by atoms with Gasteiger partial charge >= 0.3 is 5.97 Å². The van der Waals surface area contributed by atoms with Gasteiger partial charge in [0.2, 0.25) is 0 Å². The highest BCUT2D eigenvalue weighted by molar-refractivity contribution is 5.71. The number of benzene rings is 1. The van der Waals surface area contributed by atoms with Gasteiger partial charge in [0.05, 0.1) is 10.8 Å². The van der Waals surface area contributed by atoms with Crippen LogP contribution in [0.5, 0.6) is 0 Å². The van der Waals surface area contributed by atoms with E-state index in [0.29, 0.717) is 5.56 Å². The summed E-state index contributed by atoms with van der Waals surface area (Å²) in [6.07, 6.45) is 0. The first-order valence-corrected chi connectivity index (χ1v) is 5.32. The number of aryl methyl sites for hydroxylation is 1. The van der Waals surface area contributed by atoms with Gasteiger partial charge in [0.15, 0.2) is 0 Å². The molecule has 0 aliphatic heterocycles. The maximum atomic E-state index is 11.2. The Morgan fingerprint density at radius 2 is 2.12 bits per heavy atom. The smallest absolute Gasteiger partial charge is 0.308 e. The second-order valence-electron chi connectivity index (χ2n) is 4.14. The number of nitro benzene ring substituents is 1. The molecule has 0 radical (unpaired) electrons. The number of carbonyl (C=O) groups is 1. The van der Waals surface area contributed by atoms with Crippen molar-refractivity contribution < 1.29 is 14.5 Å². The van der Waals surface area contributed by atoms with Crippen molar-refractivity contribution in [3.63, 3.8) is 0 Å². The molecule has 1 aromatic carbocycles. The molecular formula is C12H15NO4. The van der Waals surface area contributed by atoms with Gasteiger partial charge in [0.25, 0.3) is 5.69 Å². The van der Waals surface area contributed by atoms with Gasteiger partial charge in [-0.1, -0.05) is 13.8 Å². The van der Waals surface area contributed by atoms with Crippen molar-refractivity contribution in [1.29, 1.82) is 0 Å². The summed E-state index contributed by atoms with van der Waals surface area (Å²) in [5.41, 5.74) is 1.39. The largest absolute Gasteiger partial charge is 0.461 e. The van der Waals surface area contributed by atoms with Gasteiger partial charge in [0.1, 0.15) is 6.61 Å². The number of hydrogen-bond acceptors (Lipinski definition) is 4. The van der Waals surface area contributed by atoms with Gasteiger partial charge in [-0.05, 0) is 24.6 Å². The maximum absolute atomic E-state index is 11.2. The zero-order valence-electron chi connectivity index (χ0n) is 10.1. The first-order chi connectivity index (χ1) is 7.91. The van der Waals surface area contributed by atoms with E-state index in [0.717, 1.165) is 5.56 Å². The topological polar surface area (TPSA) is 69.4 Å². The predicted octanol–water partition coefficient (Wildman–Crippen LogP) is 2.60. The van der Waals surface area contributed by atoms with Gasteiger partial charge in [-0.25, -0.2) is 0 Å². The standard InChI is InChI=1S/C12H15NO4/c1-8(2)12(14)17-7-10-4-5-11(13(15)16)9(3)6-10/h4-6,8H,7H2,1-3H3. The average molecular weight is 237 g/mol. The molecular weight excluding hydrogens is 222 g/mol. The molecule has 0 aliphatic carbocycles. The Morgan fingerprint density at radius 3 is 2.59 bits per heavy atom. The van der Waals surface area contributed by atoms with Crippen molar-refractivity contribution in [3.05, 3.63) is 39.4 Å². The molecule has 0 aliphatic rings. The van der Waals surface area contributed by atoms with Crippen LogP contribution in [0.1, 0.15) is 25.0 Å². The van der Waals surface area contributed by atoms with Crippen molar-refractivity contribution in [2.45, 2.75) is 27.4 Å². The summed E-state index contributed by atoms with van der Waals surface area (Å²) in [7, 11) is 0. The van der Waals surface area contributed by atoms with Crippen LogP contribution in [-0.4, -0.2) is 10.9 Å². The number of carbonyl (C=O) groups excluding carboxylic acids is 1. The van der Waals surface area contributed by atoms with Crippen LogP contribution in [0.15, 0.2) is 18.2 Å². The Bertz CT molecular complexity index is 440. The maximum Gasteiger partial charge on any atom is 0.308 e. The Labute approximate surface area is 99.5 Å². The van der Waals surface area contributed by atoms with Gasteiger partial charge < -0.3 is 4.74 Å². The summed E-state index contributed by atoms with van der Waals surface area (Å²) in [6.45, 7) is 5.31. The van der Waals surface area contributed by atoms with E-state index in [2.05, 4.69) is 0 Å². The molecule has 5 nitrogen and oxygen atoms in total. The van der Waals surface area contributed by atoms with Gasteiger partial charge in [0, 0.05) is 11.6 Å². The van der Waals surface area contributed by atoms with E-state index in [1.165, 1.54) is 6.07 Å². The Morgan fingerprint density at radius 1 is 1.47 bits per heavy atom. The first-order valence-electron chi connectivity index (χ1n) is 5.32. The molecule has 0 bridgehead atoms. The summed E-state index contributed by atoms with van der Waals surface area (Å²) in [5, 5.41) is 10.6. The fourth-order valence-corrected chi connectivity index (χ4v) is 1.33. The quantitative estimate of drug-likeness (QED) is 0.458. The Hall–Kier alpha value is -1.91. The van der Waals surface area contributed by atoms with Crippen LogP contribution in [0.4, 0.5) is 5.69 Å². The lowest BCUT2D eigenvalue weighted by Gasteiger charge is -2.07. The van der Waals surface area contributed by atoms with E-state index < -0.39 is 4.92 Å². The minimum absolute atomic E-state index is 0.0731. The van der Waals surface area contributed by atoms with Crippen molar-refractivity contribution in [1.82, 2.24) is 0 Å². The predicted molar refractivity (Wildman–Crippen MR) is 62.5 cm³/mol. The van der Waals surface area contributed by atoms with Crippen LogP contribution < -0.4 is 0 Å². The summed E-state index contributed by atoms with van der Waals surface area (Å²) in [5.74, 6) is -0.449. The minimum Gasteiger partial charge on any atom is -0.461 e. The lowest BCUT2D eigenvalue weighted by atomic mass is 10.1. The second kappa shape index (κ2) is 5.43. The molecule has 5 heteroatoms. The number of nitrogens with zero attached hydrogens (tertiary/aromatic N) is 1. The summed E-state index contributed by atoms with van der Waals surface area (Å²) in [4.78, 5) is 21.4.